The van der Waals surface area contributed by atoms with E-state index in [-0.39, 0.29) is 24.3 Å². The quantitative estimate of drug-likeness (QED) is 0.229. The second kappa shape index (κ2) is 5.60. The Balaban J connectivity index is 0.00000196. The molecule has 0 atom stereocenters. The topological polar surface area (TPSA) is 144 Å². The van der Waals surface area contributed by atoms with Gasteiger partial charge in [-0.3, -0.25) is 5.41 Å². The molecular weight excluding hydrogens is 220 g/mol. The summed E-state index contributed by atoms with van der Waals surface area (Å²) in [4.78, 5) is 0. The van der Waals surface area contributed by atoms with Gasteiger partial charge in [-0.05, 0) is 0 Å². The maximum absolute atomic E-state index is 7.06. The Kier molecular flexibility index (Phi) is 4.82. The lowest BCUT2D eigenvalue weighted by atomic mass is 10.4. The number of nitrogens with zero attached hydrogens (tertiary/aromatic N) is 4. The van der Waals surface area contributed by atoms with Crippen molar-refractivity contribution in [2.24, 2.45) is 27.4 Å². The lowest BCUT2D eigenvalue weighted by Gasteiger charge is -1.91. The summed E-state index contributed by atoms with van der Waals surface area (Å²) in [5, 5.41) is 17.8. The number of guanidine groups is 1. The molecular formula is C6H10ClN8-. The van der Waals surface area contributed by atoms with Crippen LogP contribution in [0, 0.1) is 5.41 Å². The maximum atomic E-state index is 7.06. The SMILES string of the molecule is N=C(N)n1cc(/C=N/N=C(N)N)cn1.[Cl-]. The molecule has 0 amide bonds. The third kappa shape index (κ3) is 4.09. The summed E-state index contributed by atoms with van der Waals surface area (Å²) in [6.07, 6.45) is 4.40. The van der Waals surface area contributed by atoms with Crippen LogP contribution in [0.2, 0.25) is 0 Å². The Bertz CT molecular complexity index is 388. The summed E-state index contributed by atoms with van der Waals surface area (Å²) >= 11 is 0. The highest BCUT2D eigenvalue weighted by molar-refractivity contribution is 5.83. The highest BCUT2D eigenvalue weighted by Crippen LogP contribution is 1.92. The minimum Gasteiger partial charge on any atom is -1.00 e. The molecule has 1 aromatic heterocycles. The van der Waals surface area contributed by atoms with Crippen LogP contribution in [0.25, 0.3) is 0 Å². The van der Waals surface area contributed by atoms with E-state index in [9.17, 15) is 0 Å². The molecule has 1 rings (SSSR count). The van der Waals surface area contributed by atoms with Gasteiger partial charge in [0.2, 0.25) is 11.9 Å². The summed E-state index contributed by atoms with van der Waals surface area (Å²) in [7, 11) is 0. The number of halogens is 1. The molecule has 7 N–H and O–H groups in total. The van der Waals surface area contributed by atoms with Gasteiger partial charge in [0.25, 0.3) is 0 Å². The number of hydrogen-bond donors (Lipinski definition) is 4. The average molecular weight is 230 g/mol. The normalized spacial score (nSPS) is 9.60. The minimum atomic E-state index is -0.175. The molecule has 0 aliphatic carbocycles. The first kappa shape index (κ1) is 12.9. The minimum absolute atomic E-state index is 0. The Morgan fingerprint density at radius 1 is 1.47 bits per heavy atom. The van der Waals surface area contributed by atoms with E-state index in [1.807, 2.05) is 0 Å². The number of hydrogen-bond acceptors (Lipinski definition) is 4. The van der Waals surface area contributed by atoms with E-state index in [4.69, 9.17) is 22.6 Å². The summed E-state index contributed by atoms with van der Waals surface area (Å²) in [5.41, 5.74) is 15.9. The van der Waals surface area contributed by atoms with Crippen LogP contribution in [0.4, 0.5) is 0 Å². The van der Waals surface area contributed by atoms with Crippen LogP contribution in [0.15, 0.2) is 22.6 Å². The van der Waals surface area contributed by atoms with Crippen molar-refractivity contribution in [2.75, 3.05) is 0 Å². The van der Waals surface area contributed by atoms with Crippen LogP contribution in [-0.2, 0) is 0 Å². The van der Waals surface area contributed by atoms with Crippen LogP contribution >= 0.6 is 0 Å². The molecule has 0 radical (unpaired) electrons. The lowest BCUT2D eigenvalue weighted by molar-refractivity contribution is -0.00000368. The Morgan fingerprint density at radius 2 is 2.13 bits per heavy atom. The largest absolute Gasteiger partial charge is 1.00 e. The van der Waals surface area contributed by atoms with Gasteiger partial charge < -0.3 is 29.6 Å². The van der Waals surface area contributed by atoms with Crippen molar-refractivity contribution < 1.29 is 12.4 Å². The molecule has 0 fully saturated rings. The monoisotopic (exact) mass is 229 g/mol. The summed E-state index contributed by atoms with van der Waals surface area (Å²) in [5.74, 6) is -0.299. The molecule has 0 unspecified atom stereocenters. The molecule has 0 aliphatic rings. The van der Waals surface area contributed by atoms with Crippen molar-refractivity contribution in [3.8, 4) is 0 Å². The fourth-order valence-electron chi connectivity index (χ4n) is 0.697. The zero-order valence-electron chi connectivity index (χ0n) is 7.63. The highest BCUT2D eigenvalue weighted by Gasteiger charge is 1.96. The second-order valence-corrected chi connectivity index (χ2v) is 2.37. The van der Waals surface area contributed by atoms with Crippen molar-refractivity contribution in [1.82, 2.24) is 9.78 Å². The molecule has 1 aromatic rings. The first-order chi connectivity index (χ1) is 6.59. The van der Waals surface area contributed by atoms with E-state index in [0.29, 0.717) is 5.56 Å². The molecule has 0 spiro atoms. The molecule has 1 heterocycles. The Hall–Kier alpha value is -2.09. The second-order valence-electron chi connectivity index (χ2n) is 2.37. The zero-order chi connectivity index (χ0) is 10.6. The van der Waals surface area contributed by atoms with E-state index in [1.54, 1.807) is 0 Å². The lowest BCUT2D eigenvalue weighted by Crippen LogP contribution is -3.00. The molecule has 82 valence electrons. The van der Waals surface area contributed by atoms with E-state index < -0.39 is 0 Å². The van der Waals surface area contributed by atoms with Crippen LogP contribution < -0.4 is 29.6 Å². The van der Waals surface area contributed by atoms with Gasteiger partial charge in [0.1, 0.15) is 0 Å². The number of aromatic nitrogens is 2. The standard InChI is InChI=1S/C6H10N8.ClH/c7-5(8)13-11-1-4-2-12-14(3-4)6(9)10;/h1-3H,(H3,9,10)(H4,7,8,13);1H/p-1/b11-1+;. The van der Waals surface area contributed by atoms with Crippen molar-refractivity contribution in [3.05, 3.63) is 18.0 Å². The third-order valence-corrected chi connectivity index (χ3v) is 1.23. The van der Waals surface area contributed by atoms with Gasteiger partial charge >= 0.3 is 0 Å². The maximum Gasteiger partial charge on any atom is 0.213 e. The zero-order valence-corrected chi connectivity index (χ0v) is 8.39. The van der Waals surface area contributed by atoms with Crippen molar-refractivity contribution in [1.29, 1.82) is 5.41 Å². The van der Waals surface area contributed by atoms with Gasteiger partial charge in [-0.25, -0.2) is 4.68 Å². The van der Waals surface area contributed by atoms with Crippen LogP contribution in [0.3, 0.4) is 0 Å². The van der Waals surface area contributed by atoms with Crippen LogP contribution in [0.5, 0.6) is 0 Å². The van der Waals surface area contributed by atoms with Gasteiger partial charge in [-0.2, -0.15) is 10.2 Å². The summed E-state index contributed by atoms with van der Waals surface area (Å²) in [6.45, 7) is 0. The molecule has 0 aromatic carbocycles. The third-order valence-electron chi connectivity index (χ3n) is 1.23. The highest BCUT2D eigenvalue weighted by atomic mass is 35.5. The predicted molar refractivity (Wildman–Crippen MR) is 52.9 cm³/mol. The van der Waals surface area contributed by atoms with E-state index in [0.717, 1.165) is 0 Å². The van der Waals surface area contributed by atoms with Gasteiger partial charge in [0.15, 0.2) is 0 Å². The van der Waals surface area contributed by atoms with E-state index in [2.05, 4.69) is 15.3 Å². The molecule has 8 nitrogen and oxygen atoms in total. The number of nitrogens with two attached hydrogens (primary N) is 3. The fourth-order valence-corrected chi connectivity index (χ4v) is 0.697. The van der Waals surface area contributed by atoms with Gasteiger partial charge in [-0.1, -0.05) is 0 Å². The molecule has 0 saturated heterocycles. The first-order valence-corrected chi connectivity index (χ1v) is 3.60. The van der Waals surface area contributed by atoms with E-state index >= 15 is 0 Å². The number of rotatable bonds is 2. The Morgan fingerprint density at radius 3 is 2.60 bits per heavy atom. The number of nitrogen functional groups attached to an aromatic ring is 1. The van der Waals surface area contributed by atoms with Crippen molar-refractivity contribution >= 4 is 18.1 Å². The molecule has 15 heavy (non-hydrogen) atoms. The fraction of sp³-hybridized carbons (Fsp3) is 0. The number of nitrogens with one attached hydrogen (secondary N) is 1. The molecule has 9 heteroatoms. The Labute approximate surface area is 91.8 Å². The molecule has 0 saturated carbocycles. The first-order valence-electron chi connectivity index (χ1n) is 3.60. The summed E-state index contributed by atoms with van der Waals surface area (Å²) < 4.78 is 1.19. The smallest absolute Gasteiger partial charge is 0.213 e. The van der Waals surface area contributed by atoms with Gasteiger partial charge in [-0.15, -0.1) is 5.10 Å². The predicted octanol–water partition coefficient (Wildman–Crippen LogP) is -4.76. The van der Waals surface area contributed by atoms with Crippen LogP contribution in [0.1, 0.15) is 5.56 Å². The summed E-state index contributed by atoms with van der Waals surface area (Å²) in [6, 6.07) is 0. The van der Waals surface area contributed by atoms with Gasteiger partial charge in [0.05, 0.1) is 12.4 Å². The van der Waals surface area contributed by atoms with E-state index in [1.165, 1.54) is 23.3 Å². The molecule has 0 bridgehead atoms. The molecule has 0 aliphatic heterocycles. The van der Waals surface area contributed by atoms with Crippen molar-refractivity contribution in [3.63, 3.8) is 0 Å². The van der Waals surface area contributed by atoms with Crippen molar-refractivity contribution in [2.45, 2.75) is 0 Å². The van der Waals surface area contributed by atoms with Gasteiger partial charge in [0, 0.05) is 11.8 Å². The average Bonchev–Trinajstić information content (AvgIpc) is 2.52. The van der Waals surface area contributed by atoms with Crippen LogP contribution in [-0.4, -0.2) is 27.9 Å².